The first kappa shape index (κ1) is 19.2. The molecule has 140 valence electrons. The molecule has 27 heavy (non-hydrogen) atoms. The Kier molecular flexibility index (Phi) is 6.31. The zero-order valence-electron chi connectivity index (χ0n) is 16.5. The monoisotopic (exact) mass is 359 g/mol. The Morgan fingerprint density at radius 1 is 0.741 bits per heavy atom. The van der Waals surface area contributed by atoms with E-state index in [0.717, 1.165) is 25.2 Å². The number of rotatable bonds is 7. The minimum atomic E-state index is 0.392. The predicted octanol–water partition coefficient (Wildman–Crippen LogP) is 6.03. The SMILES string of the molecule is Cc1c(C(C)C)ccc(O)c1CN(Cc1ccccc1)Cc1ccccc1. The van der Waals surface area contributed by atoms with Crippen LogP contribution < -0.4 is 0 Å². The fourth-order valence-corrected chi connectivity index (χ4v) is 3.66. The number of hydrogen-bond acceptors (Lipinski definition) is 2. The zero-order valence-corrected chi connectivity index (χ0v) is 16.5. The third kappa shape index (κ3) is 4.99. The maximum Gasteiger partial charge on any atom is 0.120 e. The van der Waals surface area contributed by atoms with Gasteiger partial charge in [0, 0.05) is 25.2 Å². The third-order valence-corrected chi connectivity index (χ3v) is 5.12. The second kappa shape index (κ2) is 8.88. The first-order chi connectivity index (χ1) is 13.0. The Hall–Kier alpha value is -2.58. The fraction of sp³-hybridized carbons (Fsp3) is 0.280. The van der Waals surface area contributed by atoms with Gasteiger partial charge in [-0.3, -0.25) is 4.90 Å². The van der Waals surface area contributed by atoms with Gasteiger partial charge in [0.05, 0.1) is 0 Å². The van der Waals surface area contributed by atoms with Gasteiger partial charge in [-0.1, -0.05) is 80.6 Å². The molecule has 3 rings (SSSR count). The van der Waals surface area contributed by atoms with Gasteiger partial charge in [0.1, 0.15) is 5.75 Å². The minimum absolute atomic E-state index is 0.392. The van der Waals surface area contributed by atoms with Crippen molar-refractivity contribution in [2.75, 3.05) is 0 Å². The summed E-state index contributed by atoms with van der Waals surface area (Å²) in [6.07, 6.45) is 0. The maximum atomic E-state index is 10.6. The van der Waals surface area contributed by atoms with Crippen LogP contribution in [-0.2, 0) is 19.6 Å². The molecule has 0 spiro atoms. The molecule has 3 aromatic carbocycles. The third-order valence-electron chi connectivity index (χ3n) is 5.12. The zero-order chi connectivity index (χ0) is 19.2. The van der Waals surface area contributed by atoms with Gasteiger partial charge in [-0.25, -0.2) is 0 Å². The molecule has 2 heteroatoms. The summed E-state index contributed by atoms with van der Waals surface area (Å²) < 4.78 is 0. The van der Waals surface area contributed by atoms with E-state index < -0.39 is 0 Å². The summed E-state index contributed by atoms with van der Waals surface area (Å²) in [6.45, 7) is 8.96. The smallest absolute Gasteiger partial charge is 0.120 e. The molecule has 3 aromatic rings. The van der Waals surface area contributed by atoms with Crippen LogP contribution in [0, 0.1) is 6.92 Å². The summed E-state index contributed by atoms with van der Waals surface area (Å²) in [5.74, 6) is 0.837. The van der Waals surface area contributed by atoms with Crippen LogP contribution in [0.25, 0.3) is 0 Å². The molecular weight excluding hydrogens is 330 g/mol. The predicted molar refractivity (Wildman–Crippen MR) is 113 cm³/mol. The molecule has 0 heterocycles. The number of benzene rings is 3. The van der Waals surface area contributed by atoms with Crippen LogP contribution in [0.2, 0.25) is 0 Å². The van der Waals surface area contributed by atoms with E-state index in [0.29, 0.717) is 11.7 Å². The van der Waals surface area contributed by atoms with E-state index in [1.165, 1.54) is 22.3 Å². The first-order valence-corrected chi connectivity index (χ1v) is 9.66. The highest BCUT2D eigenvalue weighted by atomic mass is 16.3. The molecule has 0 unspecified atom stereocenters. The molecule has 1 N–H and O–H groups in total. The van der Waals surface area contributed by atoms with Crippen molar-refractivity contribution in [2.24, 2.45) is 0 Å². The van der Waals surface area contributed by atoms with Gasteiger partial charge in [0.2, 0.25) is 0 Å². The summed E-state index contributed by atoms with van der Waals surface area (Å²) in [6, 6.07) is 25.0. The minimum Gasteiger partial charge on any atom is -0.508 e. The normalized spacial score (nSPS) is 11.3. The largest absolute Gasteiger partial charge is 0.508 e. The molecule has 0 amide bonds. The first-order valence-electron chi connectivity index (χ1n) is 9.66. The highest BCUT2D eigenvalue weighted by Gasteiger charge is 2.16. The van der Waals surface area contributed by atoms with Gasteiger partial charge < -0.3 is 5.11 Å². The Balaban J connectivity index is 1.90. The highest BCUT2D eigenvalue weighted by Crippen LogP contribution is 2.30. The second-order valence-corrected chi connectivity index (χ2v) is 7.55. The molecule has 2 nitrogen and oxygen atoms in total. The van der Waals surface area contributed by atoms with Crippen molar-refractivity contribution in [1.29, 1.82) is 0 Å². The van der Waals surface area contributed by atoms with E-state index in [1.54, 1.807) is 0 Å². The van der Waals surface area contributed by atoms with E-state index in [2.05, 4.69) is 80.3 Å². The van der Waals surface area contributed by atoms with Crippen molar-refractivity contribution in [3.05, 3.63) is 101 Å². The lowest BCUT2D eigenvalue weighted by atomic mass is 9.93. The topological polar surface area (TPSA) is 23.5 Å². The average Bonchev–Trinajstić information content (AvgIpc) is 2.66. The number of hydrogen-bond donors (Lipinski definition) is 1. The van der Waals surface area contributed by atoms with Gasteiger partial charge in [0.25, 0.3) is 0 Å². The van der Waals surface area contributed by atoms with Crippen molar-refractivity contribution in [1.82, 2.24) is 4.90 Å². The Labute approximate surface area is 163 Å². The maximum absolute atomic E-state index is 10.6. The molecule has 0 saturated heterocycles. The standard InChI is InChI=1S/C25H29NO/c1-19(2)23-14-15-25(27)24(20(23)3)18-26(16-21-10-6-4-7-11-21)17-22-12-8-5-9-13-22/h4-15,19,27H,16-18H2,1-3H3. The molecule has 0 saturated carbocycles. The summed E-state index contributed by atoms with van der Waals surface area (Å²) >= 11 is 0. The number of phenolic OH excluding ortho intramolecular Hbond substituents is 1. The van der Waals surface area contributed by atoms with Crippen molar-refractivity contribution in [3.63, 3.8) is 0 Å². The molecule has 0 aromatic heterocycles. The van der Waals surface area contributed by atoms with Gasteiger partial charge in [0.15, 0.2) is 0 Å². The van der Waals surface area contributed by atoms with Gasteiger partial charge in [-0.2, -0.15) is 0 Å². The van der Waals surface area contributed by atoms with Crippen molar-refractivity contribution >= 4 is 0 Å². The second-order valence-electron chi connectivity index (χ2n) is 7.55. The lowest BCUT2D eigenvalue weighted by Gasteiger charge is -2.25. The lowest BCUT2D eigenvalue weighted by molar-refractivity contribution is 0.243. The Bertz CT molecular complexity index is 815. The van der Waals surface area contributed by atoms with E-state index in [1.807, 2.05) is 18.2 Å². The Morgan fingerprint density at radius 3 is 1.74 bits per heavy atom. The average molecular weight is 360 g/mol. The van der Waals surface area contributed by atoms with E-state index in [9.17, 15) is 5.11 Å². The fourth-order valence-electron chi connectivity index (χ4n) is 3.66. The van der Waals surface area contributed by atoms with Crippen LogP contribution in [0.5, 0.6) is 5.75 Å². The van der Waals surface area contributed by atoms with Crippen LogP contribution in [0.1, 0.15) is 47.6 Å². The number of nitrogens with zero attached hydrogens (tertiary/aromatic N) is 1. The quantitative estimate of drug-likeness (QED) is 0.557. The van der Waals surface area contributed by atoms with Crippen molar-refractivity contribution in [2.45, 2.75) is 46.3 Å². The van der Waals surface area contributed by atoms with Gasteiger partial charge in [-0.05, 0) is 41.2 Å². The van der Waals surface area contributed by atoms with Gasteiger partial charge in [-0.15, -0.1) is 0 Å². The molecule has 0 aliphatic heterocycles. The van der Waals surface area contributed by atoms with Crippen molar-refractivity contribution in [3.8, 4) is 5.75 Å². The summed E-state index contributed by atoms with van der Waals surface area (Å²) in [5.41, 5.74) is 6.11. The van der Waals surface area contributed by atoms with E-state index in [-0.39, 0.29) is 0 Å². The summed E-state index contributed by atoms with van der Waals surface area (Å²) in [5, 5.41) is 10.6. The molecule has 0 radical (unpaired) electrons. The summed E-state index contributed by atoms with van der Waals surface area (Å²) in [4.78, 5) is 2.40. The molecule has 0 atom stereocenters. The Morgan fingerprint density at radius 2 is 1.26 bits per heavy atom. The number of phenols is 1. The van der Waals surface area contributed by atoms with E-state index in [4.69, 9.17) is 0 Å². The molecule has 0 aliphatic rings. The van der Waals surface area contributed by atoms with Crippen LogP contribution in [0.15, 0.2) is 72.8 Å². The molecule has 0 fully saturated rings. The molecular formula is C25H29NO. The number of aromatic hydroxyl groups is 1. The molecule has 0 bridgehead atoms. The lowest BCUT2D eigenvalue weighted by Crippen LogP contribution is -2.23. The van der Waals surface area contributed by atoms with Crippen LogP contribution in [0.3, 0.4) is 0 Å². The highest BCUT2D eigenvalue weighted by molar-refractivity contribution is 5.45. The van der Waals surface area contributed by atoms with Crippen LogP contribution >= 0.6 is 0 Å². The molecule has 0 aliphatic carbocycles. The van der Waals surface area contributed by atoms with E-state index >= 15 is 0 Å². The van der Waals surface area contributed by atoms with Crippen molar-refractivity contribution < 1.29 is 5.11 Å². The van der Waals surface area contributed by atoms with Crippen LogP contribution in [0.4, 0.5) is 0 Å². The van der Waals surface area contributed by atoms with Gasteiger partial charge >= 0.3 is 0 Å². The summed E-state index contributed by atoms with van der Waals surface area (Å²) in [7, 11) is 0. The van der Waals surface area contributed by atoms with Crippen LogP contribution in [-0.4, -0.2) is 10.0 Å².